The Kier molecular flexibility index (Phi) is 4.04. The Balaban J connectivity index is 2.07. The topological polar surface area (TPSA) is 48.1 Å². The summed E-state index contributed by atoms with van der Waals surface area (Å²) in [7, 11) is 0. The van der Waals surface area contributed by atoms with Gasteiger partial charge in [-0.15, -0.1) is 0 Å². The minimum Gasteiger partial charge on any atom is -0.437 e. The zero-order valence-electron chi connectivity index (χ0n) is 11.4. The highest BCUT2D eigenvalue weighted by Crippen LogP contribution is 2.31. The lowest BCUT2D eigenvalue weighted by molar-refractivity contribution is 0.458. The van der Waals surface area contributed by atoms with Crippen molar-refractivity contribution in [1.82, 2.24) is 4.98 Å². The first-order valence-corrected chi connectivity index (χ1v) is 7.17. The molecule has 3 aromatic rings. The minimum absolute atomic E-state index is 0.541. The molecule has 1 aromatic heterocycles. The van der Waals surface area contributed by atoms with Gasteiger partial charge in [-0.2, -0.15) is 0 Å². The molecule has 106 valence electrons. The lowest BCUT2D eigenvalue weighted by Crippen LogP contribution is -2.05. The van der Waals surface area contributed by atoms with Crippen molar-refractivity contribution in [3.8, 4) is 11.6 Å². The van der Waals surface area contributed by atoms with E-state index in [-0.39, 0.29) is 0 Å². The molecule has 0 aliphatic carbocycles. The highest BCUT2D eigenvalue weighted by molar-refractivity contribution is 6.32. The summed E-state index contributed by atoms with van der Waals surface area (Å²) in [6.45, 7) is 0.541. The number of nitrogens with two attached hydrogens (primary N) is 1. The van der Waals surface area contributed by atoms with E-state index in [1.165, 1.54) is 0 Å². The van der Waals surface area contributed by atoms with Gasteiger partial charge in [0.05, 0.1) is 10.5 Å². The fourth-order valence-corrected chi connectivity index (χ4v) is 2.37. The van der Waals surface area contributed by atoms with Gasteiger partial charge in [-0.25, -0.2) is 4.98 Å². The SMILES string of the molecule is NCCc1cc2ccccc2nc1Oc1ccccc1Cl. The molecule has 0 fully saturated rings. The number of ether oxygens (including phenoxy) is 1. The van der Waals surface area contributed by atoms with Crippen LogP contribution in [0.25, 0.3) is 10.9 Å². The molecule has 3 nitrogen and oxygen atoms in total. The van der Waals surface area contributed by atoms with Crippen LogP contribution in [0.5, 0.6) is 11.6 Å². The van der Waals surface area contributed by atoms with E-state index in [1.54, 1.807) is 6.07 Å². The van der Waals surface area contributed by atoms with Crippen LogP contribution >= 0.6 is 11.6 Å². The second-order valence-electron chi connectivity index (χ2n) is 4.72. The molecule has 4 heteroatoms. The molecule has 0 spiro atoms. The van der Waals surface area contributed by atoms with Gasteiger partial charge in [0, 0.05) is 10.9 Å². The van der Waals surface area contributed by atoms with Crippen LogP contribution in [0.15, 0.2) is 54.6 Å². The van der Waals surface area contributed by atoms with Gasteiger partial charge in [0.1, 0.15) is 5.75 Å². The number of benzene rings is 2. The Morgan fingerprint density at radius 3 is 2.62 bits per heavy atom. The third kappa shape index (κ3) is 2.99. The van der Waals surface area contributed by atoms with Crippen LogP contribution in [-0.2, 0) is 6.42 Å². The molecule has 0 atom stereocenters. The van der Waals surface area contributed by atoms with Gasteiger partial charge in [-0.3, -0.25) is 0 Å². The predicted octanol–water partition coefficient (Wildman–Crippen LogP) is 4.18. The van der Waals surface area contributed by atoms with E-state index in [1.807, 2.05) is 42.5 Å². The molecule has 0 aliphatic heterocycles. The number of hydrogen-bond acceptors (Lipinski definition) is 3. The van der Waals surface area contributed by atoms with Crippen LogP contribution in [0.2, 0.25) is 5.02 Å². The molecule has 0 amide bonds. The smallest absolute Gasteiger partial charge is 0.223 e. The molecular formula is C17H15ClN2O. The van der Waals surface area contributed by atoms with Crippen molar-refractivity contribution in [2.24, 2.45) is 5.73 Å². The second-order valence-corrected chi connectivity index (χ2v) is 5.12. The van der Waals surface area contributed by atoms with E-state index in [9.17, 15) is 0 Å². The quantitative estimate of drug-likeness (QED) is 0.786. The molecule has 2 aromatic carbocycles. The van der Waals surface area contributed by atoms with E-state index in [0.29, 0.717) is 29.6 Å². The lowest BCUT2D eigenvalue weighted by Gasteiger charge is -2.12. The summed E-state index contributed by atoms with van der Waals surface area (Å²) in [5.74, 6) is 1.16. The largest absolute Gasteiger partial charge is 0.437 e. The van der Waals surface area contributed by atoms with Crippen molar-refractivity contribution < 1.29 is 4.74 Å². The van der Waals surface area contributed by atoms with Crippen molar-refractivity contribution >= 4 is 22.5 Å². The molecule has 0 bridgehead atoms. The number of fused-ring (bicyclic) bond motifs is 1. The highest BCUT2D eigenvalue weighted by Gasteiger charge is 2.10. The average Bonchev–Trinajstić information content (AvgIpc) is 2.50. The maximum atomic E-state index is 6.14. The molecule has 21 heavy (non-hydrogen) atoms. The van der Waals surface area contributed by atoms with Gasteiger partial charge < -0.3 is 10.5 Å². The van der Waals surface area contributed by atoms with Crippen LogP contribution in [0.1, 0.15) is 5.56 Å². The third-order valence-corrected chi connectivity index (χ3v) is 3.53. The van der Waals surface area contributed by atoms with E-state index in [2.05, 4.69) is 11.1 Å². The number of rotatable bonds is 4. The second kappa shape index (κ2) is 6.12. The number of aromatic nitrogens is 1. The van der Waals surface area contributed by atoms with Crippen LogP contribution in [0.4, 0.5) is 0 Å². The Hall–Kier alpha value is -2.10. The van der Waals surface area contributed by atoms with Crippen LogP contribution in [0.3, 0.4) is 0 Å². The maximum Gasteiger partial charge on any atom is 0.223 e. The molecule has 3 rings (SSSR count). The first-order valence-electron chi connectivity index (χ1n) is 6.79. The third-order valence-electron chi connectivity index (χ3n) is 3.22. The van der Waals surface area contributed by atoms with E-state index >= 15 is 0 Å². The van der Waals surface area contributed by atoms with E-state index in [4.69, 9.17) is 22.1 Å². The minimum atomic E-state index is 0.541. The molecule has 0 saturated carbocycles. The van der Waals surface area contributed by atoms with E-state index in [0.717, 1.165) is 16.5 Å². The molecular weight excluding hydrogens is 284 g/mol. The van der Waals surface area contributed by atoms with Gasteiger partial charge in [0.25, 0.3) is 0 Å². The Labute approximate surface area is 128 Å². The zero-order chi connectivity index (χ0) is 14.7. The monoisotopic (exact) mass is 298 g/mol. The highest BCUT2D eigenvalue weighted by atomic mass is 35.5. The lowest BCUT2D eigenvalue weighted by atomic mass is 10.1. The molecule has 0 unspecified atom stereocenters. The molecule has 0 aliphatic rings. The molecule has 0 radical (unpaired) electrons. The summed E-state index contributed by atoms with van der Waals surface area (Å²) >= 11 is 6.14. The van der Waals surface area contributed by atoms with Gasteiger partial charge in [-0.1, -0.05) is 41.9 Å². The van der Waals surface area contributed by atoms with Gasteiger partial charge >= 0.3 is 0 Å². The Morgan fingerprint density at radius 1 is 1.05 bits per heavy atom. The fraction of sp³-hybridized carbons (Fsp3) is 0.118. The summed E-state index contributed by atoms with van der Waals surface area (Å²) in [5.41, 5.74) is 7.56. The number of para-hydroxylation sites is 2. The van der Waals surface area contributed by atoms with Gasteiger partial charge in [0.2, 0.25) is 5.88 Å². The predicted molar refractivity (Wildman–Crippen MR) is 86.0 cm³/mol. The van der Waals surface area contributed by atoms with Crippen molar-refractivity contribution in [2.45, 2.75) is 6.42 Å². The van der Waals surface area contributed by atoms with Crippen LogP contribution < -0.4 is 10.5 Å². The number of nitrogens with zero attached hydrogens (tertiary/aromatic N) is 1. The summed E-state index contributed by atoms with van der Waals surface area (Å²) < 4.78 is 5.90. The number of hydrogen-bond donors (Lipinski definition) is 1. The van der Waals surface area contributed by atoms with Crippen molar-refractivity contribution in [2.75, 3.05) is 6.54 Å². The average molecular weight is 299 g/mol. The standard InChI is InChI=1S/C17H15ClN2O/c18-14-6-2-4-8-16(14)21-17-13(9-10-19)11-12-5-1-3-7-15(12)20-17/h1-8,11H,9-10,19H2. The maximum absolute atomic E-state index is 6.14. The summed E-state index contributed by atoms with van der Waals surface area (Å²) in [6, 6.07) is 17.4. The summed E-state index contributed by atoms with van der Waals surface area (Å²) in [5, 5.41) is 1.64. The zero-order valence-corrected chi connectivity index (χ0v) is 12.2. The summed E-state index contributed by atoms with van der Waals surface area (Å²) in [6.07, 6.45) is 0.706. The molecule has 0 saturated heterocycles. The number of pyridine rings is 1. The summed E-state index contributed by atoms with van der Waals surface area (Å²) in [4.78, 5) is 4.59. The van der Waals surface area contributed by atoms with Gasteiger partial charge in [0.15, 0.2) is 0 Å². The Morgan fingerprint density at radius 2 is 1.81 bits per heavy atom. The van der Waals surface area contributed by atoms with E-state index < -0.39 is 0 Å². The van der Waals surface area contributed by atoms with Crippen molar-refractivity contribution in [1.29, 1.82) is 0 Å². The van der Waals surface area contributed by atoms with Crippen LogP contribution in [-0.4, -0.2) is 11.5 Å². The van der Waals surface area contributed by atoms with Crippen LogP contribution in [0, 0.1) is 0 Å². The van der Waals surface area contributed by atoms with Gasteiger partial charge in [-0.05, 0) is 37.2 Å². The fourth-order valence-electron chi connectivity index (χ4n) is 2.20. The first-order chi connectivity index (χ1) is 10.3. The molecule has 1 heterocycles. The normalized spacial score (nSPS) is 10.8. The Bertz CT molecular complexity index is 774. The van der Waals surface area contributed by atoms with Crippen molar-refractivity contribution in [3.63, 3.8) is 0 Å². The number of halogens is 1. The first kappa shape index (κ1) is 13.9. The van der Waals surface area contributed by atoms with Crippen molar-refractivity contribution in [3.05, 3.63) is 65.2 Å². The molecule has 2 N–H and O–H groups in total.